The Morgan fingerprint density at radius 2 is 1.48 bits per heavy atom. The summed E-state index contributed by atoms with van der Waals surface area (Å²) in [7, 11) is -2.06. The maximum Gasteiger partial charge on any atom is 0.338 e. The number of rotatable bonds is 10. The Bertz CT molecular complexity index is 1220. The maximum absolute atomic E-state index is 13.2. The van der Waals surface area contributed by atoms with Gasteiger partial charge in [0.05, 0.1) is 12.2 Å². The first kappa shape index (κ1) is 33.7. The lowest BCUT2D eigenvalue weighted by molar-refractivity contribution is -0.00517. The Hall–Kier alpha value is -1.65. The third kappa shape index (κ3) is 5.63. The normalized spacial score (nSPS) is 32.1. The van der Waals surface area contributed by atoms with E-state index in [0.29, 0.717) is 64.0 Å². The van der Waals surface area contributed by atoms with Crippen LogP contribution < -0.4 is 0 Å². The molecule has 3 saturated carbocycles. The zero-order chi connectivity index (χ0) is 32.1. The predicted octanol–water partition coefficient (Wildman–Crippen LogP) is 11.2. The Morgan fingerprint density at radius 3 is 2.11 bits per heavy atom. The van der Waals surface area contributed by atoms with Crippen LogP contribution in [0.2, 0.25) is 16.6 Å². The molecule has 0 unspecified atom stereocenters. The molecule has 0 heterocycles. The number of benzene rings is 1. The number of carbonyl (C=O) groups excluding carboxylic acids is 1. The molecule has 1 aromatic carbocycles. The monoisotopic (exact) mass is 618 g/mol. The lowest BCUT2D eigenvalue weighted by Gasteiger charge is -2.57. The van der Waals surface area contributed by atoms with Crippen LogP contribution in [0.5, 0.6) is 0 Å². The molecule has 244 valence electrons. The molecule has 6 atom stereocenters. The van der Waals surface area contributed by atoms with E-state index in [-0.39, 0.29) is 17.3 Å². The fraction of sp³-hybridized carbons (Fsp3) is 0.725. The van der Waals surface area contributed by atoms with Gasteiger partial charge in [-0.3, -0.25) is 0 Å². The molecule has 0 bridgehead atoms. The molecule has 0 aromatic heterocycles. The van der Waals surface area contributed by atoms with Crippen LogP contribution >= 0.6 is 0 Å². The van der Waals surface area contributed by atoms with Crippen LogP contribution in [-0.4, -0.2) is 27.5 Å². The summed E-state index contributed by atoms with van der Waals surface area (Å²) in [5.74, 6) is 1.77. The zero-order valence-electron chi connectivity index (χ0n) is 29.7. The first-order valence-corrected chi connectivity index (χ1v) is 20.1. The highest BCUT2D eigenvalue weighted by Gasteiger charge is 2.59. The van der Waals surface area contributed by atoms with Crippen LogP contribution in [0.25, 0.3) is 0 Å². The molecule has 5 rings (SSSR count). The largest absolute Gasteiger partial charge is 0.462 e. The molecular formula is C40H62O3Si. The minimum atomic E-state index is -2.06. The SMILES string of the molecule is CC(C)[Si](OC[C@H](COC(=O)c1ccccc1)[C@H]1CC[C@H]2C3=CC=C4C(C)(C)CCC[C@]4(C)[C@H]3CC[C@]12C)(C(C)C)C(C)C. The zero-order valence-corrected chi connectivity index (χ0v) is 30.7. The van der Waals surface area contributed by atoms with Crippen molar-refractivity contribution in [3.63, 3.8) is 0 Å². The molecule has 3 nitrogen and oxygen atoms in total. The molecule has 0 N–H and O–H groups in total. The van der Waals surface area contributed by atoms with Crippen LogP contribution in [0.1, 0.15) is 125 Å². The highest BCUT2D eigenvalue weighted by atomic mass is 28.4. The van der Waals surface area contributed by atoms with E-state index in [1.807, 2.05) is 30.3 Å². The van der Waals surface area contributed by atoms with Gasteiger partial charge in [0.15, 0.2) is 8.32 Å². The van der Waals surface area contributed by atoms with Gasteiger partial charge < -0.3 is 9.16 Å². The van der Waals surface area contributed by atoms with E-state index >= 15 is 0 Å². The molecule has 0 aliphatic heterocycles. The lowest BCUT2D eigenvalue weighted by Crippen LogP contribution is -2.51. The summed E-state index contributed by atoms with van der Waals surface area (Å²) >= 11 is 0. The molecule has 0 saturated heterocycles. The van der Waals surface area contributed by atoms with E-state index in [1.54, 1.807) is 11.1 Å². The van der Waals surface area contributed by atoms with Gasteiger partial charge in [-0.15, -0.1) is 0 Å². The van der Waals surface area contributed by atoms with Crippen LogP contribution in [0.3, 0.4) is 0 Å². The quantitative estimate of drug-likeness (QED) is 0.193. The minimum Gasteiger partial charge on any atom is -0.462 e. The van der Waals surface area contributed by atoms with Gasteiger partial charge in [0, 0.05) is 12.5 Å². The molecule has 3 fully saturated rings. The molecule has 1 aromatic rings. The lowest BCUT2D eigenvalue weighted by atomic mass is 9.47. The van der Waals surface area contributed by atoms with Crippen molar-refractivity contribution in [3.05, 3.63) is 59.2 Å². The van der Waals surface area contributed by atoms with Gasteiger partial charge in [-0.05, 0) is 101 Å². The van der Waals surface area contributed by atoms with Gasteiger partial charge in [-0.2, -0.15) is 0 Å². The topological polar surface area (TPSA) is 35.5 Å². The summed E-state index contributed by atoms with van der Waals surface area (Å²) in [6.07, 6.45) is 14.1. The van der Waals surface area contributed by atoms with Crippen molar-refractivity contribution in [2.75, 3.05) is 13.2 Å². The first-order valence-electron chi connectivity index (χ1n) is 18.0. The second kappa shape index (κ2) is 12.5. The Balaban J connectivity index is 1.44. The van der Waals surface area contributed by atoms with E-state index in [0.717, 1.165) is 0 Å². The summed E-state index contributed by atoms with van der Waals surface area (Å²) < 4.78 is 13.5. The third-order valence-corrected chi connectivity index (χ3v) is 19.6. The maximum atomic E-state index is 13.2. The molecule has 4 aliphatic rings. The van der Waals surface area contributed by atoms with Gasteiger partial charge in [0.1, 0.15) is 0 Å². The van der Waals surface area contributed by atoms with Crippen LogP contribution in [0, 0.1) is 39.9 Å². The van der Waals surface area contributed by atoms with Gasteiger partial charge >= 0.3 is 5.97 Å². The van der Waals surface area contributed by atoms with Crippen molar-refractivity contribution in [2.45, 2.75) is 131 Å². The Morgan fingerprint density at radius 1 is 0.818 bits per heavy atom. The molecular weight excluding hydrogens is 557 g/mol. The van der Waals surface area contributed by atoms with Crippen molar-refractivity contribution >= 4 is 14.3 Å². The molecule has 4 aliphatic carbocycles. The fourth-order valence-electron chi connectivity index (χ4n) is 11.5. The van der Waals surface area contributed by atoms with Crippen LogP contribution in [0.4, 0.5) is 0 Å². The van der Waals surface area contributed by atoms with Crippen molar-refractivity contribution in [3.8, 4) is 0 Å². The number of hydrogen-bond acceptors (Lipinski definition) is 3. The first-order chi connectivity index (χ1) is 20.7. The van der Waals surface area contributed by atoms with Crippen molar-refractivity contribution in [1.82, 2.24) is 0 Å². The number of fused-ring (bicyclic) bond motifs is 5. The highest BCUT2D eigenvalue weighted by Crippen LogP contribution is 2.67. The average molecular weight is 619 g/mol. The van der Waals surface area contributed by atoms with E-state index in [4.69, 9.17) is 9.16 Å². The Kier molecular flexibility index (Phi) is 9.58. The van der Waals surface area contributed by atoms with Crippen molar-refractivity contribution in [2.24, 2.45) is 39.9 Å². The third-order valence-electron chi connectivity index (χ3n) is 13.5. The summed E-state index contributed by atoms with van der Waals surface area (Å²) in [5, 5.41) is 0. The summed E-state index contributed by atoms with van der Waals surface area (Å²) in [6, 6.07) is 9.50. The second-order valence-corrected chi connectivity index (χ2v) is 22.5. The van der Waals surface area contributed by atoms with Crippen LogP contribution in [-0.2, 0) is 9.16 Å². The Labute approximate surface area is 270 Å². The molecule has 0 amide bonds. The predicted molar refractivity (Wildman–Crippen MR) is 186 cm³/mol. The minimum absolute atomic E-state index is 0.205. The van der Waals surface area contributed by atoms with Crippen molar-refractivity contribution in [1.29, 1.82) is 0 Å². The highest BCUT2D eigenvalue weighted by molar-refractivity contribution is 6.77. The fourth-order valence-corrected chi connectivity index (χ4v) is 17.0. The molecule has 0 radical (unpaired) electrons. The summed E-state index contributed by atoms with van der Waals surface area (Å²) in [6.45, 7) is 25.5. The average Bonchev–Trinajstić information content (AvgIpc) is 3.31. The second-order valence-electron chi connectivity index (χ2n) is 17.1. The van der Waals surface area contributed by atoms with Gasteiger partial charge in [-0.25, -0.2) is 4.79 Å². The number of esters is 1. The number of allylic oxidation sites excluding steroid dienone is 4. The number of carbonyl (C=O) groups is 1. The van der Waals surface area contributed by atoms with E-state index in [9.17, 15) is 4.79 Å². The van der Waals surface area contributed by atoms with Gasteiger partial charge in [0.2, 0.25) is 0 Å². The number of hydrogen-bond donors (Lipinski definition) is 0. The summed E-state index contributed by atoms with van der Waals surface area (Å²) in [5.41, 5.74) is 6.50. The van der Waals surface area contributed by atoms with Crippen LogP contribution in [0.15, 0.2) is 53.6 Å². The molecule has 44 heavy (non-hydrogen) atoms. The van der Waals surface area contributed by atoms with E-state index in [2.05, 4.69) is 81.4 Å². The smallest absolute Gasteiger partial charge is 0.338 e. The van der Waals surface area contributed by atoms with Crippen molar-refractivity contribution < 1.29 is 14.0 Å². The standard InChI is InChI=1S/C40H62O3Si/c1-27(2)44(28(3)4,29(5)6)43-26-31(25-42-37(41)30-15-12-11-13-16-30)33-18-19-34-32-17-20-36-38(7,8)22-14-23-40(36,10)35(32)21-24-39(33,34)9/h11-13,15-17,20,27-29,31,33-35H,14,18-19,21-26H2,1-10H3/t31-,33+,34-,35-,39+,40+/m0/s1. The van der Waals surface area contributed by atoms with Gasteiger partial charge in [-0.1, -0.05) is 117 Å². The molecule has 4 heteroatoms. The van der Waals surface area contributed by atoms with E-state index < -0.39 is 8.32 Å². The van der Waals surface area contributed by atoms with Gasteiger partial charge in [0.25, 0.3) is 0 Å². The number of ether oxygens (including phenoxy) is 1. The molecule has 0 spiro atoms. The summed E-state index contributed by atoms with van der Waals surface area (Å²) in [4.78, 5) is 13.2. The van der Waals surface area contributed by atoms with E-state index in [1.165, 1.54) is 44.9 Å².